The predicted molar refractivity (Wildman–Crippen MR) is 142 cm³/mol. The summed E-state index contributed by atoms with van der Waals surface area (Å²) in [6, 6.07) is 14.0. The minimum atomic E-state index is -0.664. The lowest BCUT2D eigenvalue weighted by molar-refractivity contribution is -0.140. The van der Waals surface area contributed by atoms with Crippen LogP contribution in [0, 0.1) is 11.8 Å². The summed E-state index contributed by atoms with van der Waals surface area (Å²) in [5.74, 6) is 6.25. The van der Waals surface area contributed by atoms with Gasteiger partial charge in [0.2, 0.25) is 0 Å². The molecule has 0 fully saturated rings. The fraction of sp³-hybridized carbons (Fsp3) is 0.379. The molecule has 1 unspecified atom stereocenters. The van der Waals surface area contributed by atoms with Gasteiger partial charge in [-0.25, -0.2) is 9.78 Å². The minimum absolute atomic E-state index is 0.278. The number of aromatic nitrogens is 2. The van der Waals surface area contributed by atoms with Gasteiger partial charge in [0.25, 0.3) is 5.56 Å². The van der Waals surface area contributed by atoms with Crippen molar-refractivity contribution in [3.05, 3.63) is 70.3 Å². The number of rotatable bonds is 7. The molecule has 3 rings (SSSR count). The van der Waals surface area contributed by atoms with Crippen LogP contribution in [0.15, 0.2) is 53.3 Å². The molecule has 3 aromatic rings. The van der Waals surface area contributed by atoms with Crippen molar-refractivity contribution in [2.24, 2.45) is 0 Å². The summed E-state index contributed by atoms with van der Waals surface area (Å²) >= 11 is 0. The number of amides is 1. The fourth-order valence-corrected chi connectivity index (χ4v) is 3.79. The molecule has 0 aliphatic heterocycles. The Hall–Kier alpha value is -4.12. The standard InChI is InChI=1S/C29H33N3O5/c1-6-22(31-28(35)37-29(2,3)4)26-30-23-18-13-15-20(14-9-7-12-19-24(33)36-5)25(23)27(34)32(26)21-16-10-8-11-17-21/h8,10-11,13,15-18,22H,6-7,12,19H2,1-5H3,(H,31,35). The Labute approximate surface area is 217 Å². The molecule has 37 heavy (non-hydrogen) atoms. The lowest BCUT2D eigenvalue weighted by atomic mass is 10.1. The molecule has 0 saturated carbocycles. The van der Waals surface area contributed by atoms with E-state index in [2.05, 4.69) is 21.9 Å². The van der Waals surface area contributed by atoms with E-state index in [1.165, 1.54) is 11.7 Å². The van der Waals surface area contributed by atoms with E-state index >= 15 is 0 Å². The molecule has 2 aromatic carbocycles. The van der Waals surface area contributed by atoms with Crippen LogP contribution in [0.1, 0.15) is 70.8 Å². The van der Waals surface area contributed by atoms with Gasteiger partial charge in [0.05, 0.1) is 29.7 Å². The Morgan fingerprint density at radius 3 is 2.49 bits per heavy atom. The number of benzene rings is 2. The van der Waals surface area contributed by atoms with Crippen molar-refractivity contribution in [2.75, 3.05) is 7.11 Å². The van der Waals surface area contributed by atoms with E-state index in [1.807, 2.05) is 37.3 Å². The number of nitrogens with zero attached hydrogens (tertiary/aromatic N) is 2. The van der Waals surface area contributed by atoms with Crippen molar-refractivity contribution >= 4 is 23.0 Å². The van der Waals surface area contributed by atoms with E-state index in [9.17, 15) is 14.4 Å². The van der Waals surface area contributed by atoms with Crippen molar-refractivity contribution in [2.45, 2.75) is 65.0 Å². The van der Waals surface area contributed by atoms with Crippen LogP contribution in [0.3, 0.4) is 0 Å². The maximum atomic E-state index is 14.0. The molecule has 0 aliphatic rings. The third-order valence-corrected chi connectivity index (χ3v) is 5.48. The van der Waals surface area contributed by atoms with Crippen molar-refractivity contribution < 1.29 is 19.1 Å². The summed E-state index contributed by atoms with van der Waals surface area (Å²) in [7, 11) is 1.36. The van der Waals surface area contributed by atoms with E-state index in [-0.39, 0.29) is 17.9 Å². The summed E-state index contributed by atoms with van der Waals surface area (Å²) in [6.45, 7) is 7.28. The highest BCUT2D eigenvalue weighted by molar-refractivity contribution is 5.84. The smallest absolute Gasteiger partial charge is 0.408 e. The monoisotopic (exact) mass is 503 g/mol. The maximum Gasteiger partial charge on any atom is 0.408 e. The van der Waals surface area contributed by atoms with Gasteiger partial charge in [0.15, 0.2) is 0 Å². The molecule has 0 radical (unpaired) electrons. The van der Waals surface area contributed by atoms with Crippen LogP contribution in [0.25, 0.3) is 16.6 Å². The molecule has 194 valence electrons. The van der Waals surface area contributed by atoms with Gasteiger partial charge in [-0.3, -0.25) is 14.2 Å². The SMILES string of the molecule is CCC(NC(=O)OC(C)(C)C)c1nc2cccc(C#CCCCC(=O)OC)c2c(=O)n1-c1ccccc1. The quantitative estimate of drug-likeness (QED) is 0.275. The first-order valence-corrected chi connectivity index (χ1v) is 12.3. The summed E-state index contributed by atoms with van der Waals surface area (Å²) in [4.78, 5) is 42.7. The van der Waals surface area contributed by atoms with Gasteiger partial charge in [0.1, 0.15) is 11.4 Å². The van der Waals surface area contributed by atoms with Gasteiger partial charge in [-0.1, -0.05) is 43.0 Å². The third kappa shape index (κ3) is 7.20. The number of alkyl carbamates (subject to hydrolysis) is 1. The predicted octanol–water partition coefficient (Wildman–Crippen LogP) is 5.06. The molecule has 8 heteroatoms. The lowest BCUT2D eigenvalue weighted by Crippen LogP contribution is -2.37. The zero-order valence-electron chi connectivity index (χ0n) is 22.0. The summed E-state index contributed by atoms with van der Waals surface area (Å²) in [6.07, 6.45) is 1.25. The highest BCUT2D eigenvalue weighted by atomic mass is 16.6. The van der Waals surface area contributed by atoms with Crippen LogP contribution >= 0.6 is 0 Å². The van der Waals surface area contributed by atoms with E-state index < -0.39 is 17.7 Å². The molecule has 0 aliphatic carbocycles. The van der Waals surface area contributed by atoms with E-state index in [4.69, 9.17) is 9.72 Å². The first kappa shape index (κ1) is 27.5. The molecule has 1 atom stereocenters. The molecule has 1 aromatic heterocycles. The minimum Gasteiger partial charge on any atom is -0.469 e. The number of carbonyl (C=O) groups excluding carboxylic acids is 2. The average molecular weight is 504 g/mol. The Kier molecular flexibility index (Phi) is 9.07. The molecule has 0 saturated heterocycles. The summed E-state index contributed by atoms with van der Waals surface area (Å²) in [5.41, 5.74) is 0.718. The van der Waals surface area contributed by atoms with Crippen LogP contribution in [-0.4, -0.2) is 34.3 Å². The Balaban J connectivity index is 2.10. The number of hydrogen-bond donors (Lipinski definition) is 1. The largest absolute Gasteiger partial charge is 0.469 e. The van der Waals surface area contributed by atoms with Crippen LogP contribution in [0.2, 0.25) is 0 Å². The fourth-order valence-electron chi connectivity index (χ4n) is 3.79. The van der Waals surface area contributed by atoms with Gasteiger partial charge in [-0.15, -0.1) is 0 Å². The maximum absolute atomic E-state index is 14.0. The highest BCUT2D eigenvalue weighted by Gasteiger charge is 2.25. The van der Waals surface area contributed by atoms with Crippen molar-refractivity contribution in [3.8, 4) is 17.5 Å². The molecular formula is C29H33N3O5. The van der Waals surface area contributed by atoms with Crippen LogP contribution in [0.5, 0.6) is 0 Å². The molecule has 0 spiro atoms. The number of para-hydroxylation sites is 1. The second-order valence-electron chi connectivity index (χ2n) is 9.48. The van der Waals surface area contributed by atoms with Gasteiger partial charge in [0, 0.05) is 18.4 Å². The second-order valence-corrected chi connectivity index (χ2v) is 9.48. The number of methoxy groups -OCH3 is 1. The topological polar surface area (TPSA) is 99.5 Å². The van der Waals surface area contributed by atoms with Crippen LogP contribution in [0.4, 0.5) is 4.79 Å². The summed E-state index contributed by atoms with van der Waals surface area (Å²) < 4.78 is 11.6. The molecule has 8 nitrogen and oxygen atoms in total. The number of hydrogen-bond acceptors (Lipinski definition) is 6. The number of ether oxygens (including phenoxy) is 2. The highest BCUT2D eigenvalue weighted by Crippen LogP contribution is 2.22. The van der Waals surface area contributed by atoms with Gasteiger partial charge in [-0.05, 0) is 57.9 Å². The number of carbonyl (C=O) groups is 2. The lowest BCUT2D eigenvalue weighted by Gasteiger charge is -2.24. The van der Waals surface area contributed by atoms with Crippen LogP contribution in [-0.2, 0) is 14.3 Å². The zero-order chi connectivity index (χ0) is 27.0. The van der Waals surface area contributed by atoms with Gasteiger partial charge in [-0.2, -0.15) is 0 Å². The Morgan fingerprint density at radius 2 is 1.84 bits per heavy atom. The number of fused-ring (bicyclic) bond motifs is 1. The Bertz CT molecular complexity index is 1380. The first-order chi connectivity index (χ1) is 17.6. The molecule has 1 heterocycles. The third-order valence-electron chi connectivity index (χ3n) is 5.48. The van der Waals surface area contributed by atoms with Crippen LogP contribution < -0.4 is 10.9 Å². The van der Waals surface area contributed by atoms with Gasteiger partial charge < -0.3 is 14.8 Å². The first-order valence-electron chi connectivity index (χ1n) is 12.3. The average Bonchev–Trinajstić information content (AvgIpc) is 2.86. The number of nitrogens with one attached hydrogen (secondary N) is 1. The van der Waals surface area contributed by atoms with E-state index in [0.717, 1.165) is 0 Å². The van der Waals surface area contributed by atoms with E-state index in [0.29, 0.717) is 47.2 Å². The van der Waals surface area contributed by atoms with Crippen molar-refractivity contribution in [3.63, 3.8) is 0 Å². The molecular weight excluding hydrogens is 470 g/mol. The molecule has 1 amide bonds. The van der Waals surface area contributed by atoms with Crippen molar-refractivity contribution in [1.29, 1.82) is 0 Å². The summed E-state index contributed by atoms with van der Waals surface area (Å²) in [5, 5.41) is 3.26. The molecule has 0 bridgehead atoms. The van der Waals surface area contributed by atoms with Gasteiger partial charge >= 0.3 is 12.1 Å². The molecule has 1 N–H and O–H groups in total. The zero-order valence-corrected chi connectivity index (χ0v) is 22.0. The van der Waals surface area contributed by atoms with Crippen molar-refractivity contribution in [1.82, 2.24) is 14.9 Å². The second kappa shape index (κ2) is 12.2. The van der Waals surface area contributed by atoms with E-state index in [1.54, 1.807) is 39.0 Å². The number of esters is 1. The Morgan fingerprint density at radius 1 is 1.11 bits per heavy atom. The normalized spacial score (nSPS) is 11.8. The number of unbranched alkanes of at least 4 members (excludes halogenated alkanes) is 1.